The molecule has 0 saturated heterocycles. The van der Waals surface area contributed by atoms with E-state index in [1.165, 1.54) is 19.2 Å². The Morgan fingerprint density at radius 1 is 1.25 bits per heavy atom. The van der Waals surface area contributed by atoms with Crippen molar-refractivity contribution < 1.29 is 25.9 Å². The molecule has 1 amide bonds. The fourth-order valence-corrected chi connectivity index (χ4v) is 0.420. The standard InChI is InChI=1S/C4H6N2O.2C3H8.I2.W/c7-4-1-2-5-3-6-4;2*1-3-2;1-2;/h3H,1-2H2,(H,5,6,7);2*3H2,1-2H3;;. The maximum Gasteiger partial charge on any atom is 0.226 e. The molecule has 0 aromatic carbocycles. The second-order valence-corrected chi connectivity index (χ2v) is 2.77. The molecule has 0 aliphatic carbocycles. The van der Waals surface area contributed by atoms with Gasteiger partial charge in [-0.15, -0.1) is 0 Å². The van der Waals surface area contributed by atoms with E-state index in [2.05, 4.69) is 75.2 Å². The van der Waals surface area contributed by atoms with Gasteiger partial charge in [-0.05, 0) is 0 Å². The van der Waals surface area contributed by atoms with Crippen molar-refractivity contribution in [1.29, 1.82) is 0 Å². The van der Waals surface area contributed by atoms with Crippen LogP contribution in [0.2, 0.25) is 0 Å². The van der Waals surface area contributed by atoms with E-state index < -0.39 is 0 Å². The Hall–Kier alpha value is 1.29. The molecule has 0 spiro atoms. The summed E-state index contributed by atoms with van der Waals surface area (Å²) in [6.07, 6.45) is 4.47. The van der Waals surface area contributed by atoms with Gasteiger partial charge in [-0.25, -0.2) is 0 Å². The van der Waals surface area contributed by atoms with Crippen molar-refractivity contribution in [2.75, 3.05) is 6.54 Å². The minimum Gasteiger partial charge on any atom is -0.317 e. The first-order valence-electron chi connectivity index (χ1n) is 5.14. The molecule has 98 valence electrons. The molecular formula is C10H22I2N2OW. The van der Waals surface area contributed by atoms with Crippen LogP contribution in [0.5, 0.6) is 0 Å². The third kappa shape index (κ3) is 36.2. The summed E-state index contributed by atoms with van der Waals surface area (Å²) in [7, 11) is 0. The normalized spacial score (nSPS) is 11.0. The summed E-state index contributed by atoms with van der Waals surface area (Å²) in [5, 5.41) is 2.45. The zero-order chi connectivity index (χ0) is 12.5. The molecule has 0 fully saturated rings. The summed E-state index contributed by atoms with van der Waals surface area (Å²) in [4.78, 5) is 14.0. The van der Waals surface area contributed by atoms with E-state index in [0.717, 1.165) is 0 Å². The SMILES string of the molecule is CCC.CCC.II.O=C1CCN=CN1.[W]. The van der Waals surface area contributed by atoms with Crippen LogP contribution >= 0.6 is 37.2 Å². The van der Waals surface area contributed by atoms with Crippen LogP contribution in [-0.4, -0.2) is 18.8 Å². The third-order valence-electron chi connectivity index (χ3n) is 0.785. The van der Waals surface area contributed by atoms with Crippen molar-refractivity contribution in [1.82, 2.24) is 5.32 Å². The van der Waals surface area contributed by atoms with Crippen molar-refractivity contribution in [2.45, 2.75) is 47.0 Å². The first kappa shape index (κ1) is 26.0. The van der Waals surface area contributed by atoms with E-state index in [-0.39, 0.29) is 27.0 Å². The molecule has 0 aromatic rings. The van der Waals surface area contributed by atoms with Gasteiger partial charge in [0.05, 0.1) is 6.34 Å². The van der Waals surface area contributed by atoms with Crippen LogP contribution in [0.25, 0.3) is 0 Å². The Morgan fingerprint density at radius 2 is 1.62 bits per heavy atom. The molecule has 1 heterocycles. The van der Waals surface area contributed by atoms with Crippen LogP contribution in [0.3, 0.4) is 0 Å². The zero-order valence-corrected chi connectivity index (χ0v) is 17.7. The quantitative estimate of drug-likeness (QED) is 0.405. The van der Waals surface area contributed by atoms with Crippen LogP contribution in [0.1, 0.15) is 47.0 Å². The van der Waals surface area contributed by atoms with Crippen LogP contribution in [-0.2, 0) is 25.9 Å². The van der Waals surface area contributed by atoms with Gasteiger partial charge in [-0.3, -0.25) is 9.79 Å². The van der Waals surface area contributed by atoms with Crippen LogP contribution in [0, 0.1) is 0 Å². The van der Waals surface area contributed by atoms with Crippen molar-refractivity contribution >= 4 is 49.5 Å². The average Bonchev–Trinajstić information content (AvgIpc) is 2.24. The first-order valence-corrected chi connectivity index (χ1v) is 11.4. The van der Waals surface area contributed by atoms with Gasteiger partial charge in [0.25, 0.3) is 0 Å². The summed E-state index contributed by atoms with van der Waals surface area (Å²) < 4.78 is 0. The first-order chi connectivity index (χ1) is 7.22. The molecule has 1 aliphatic rings. The Balaban J connectivity index is -0.0000000694. The Labute approximate surface area is 138 Å². The van der Waals surface area contributed by atoms with E-state index in [1.807, 2.05) is 0 Å². The molecule has 0 aromatic heterocycles. The third-order valence-corrected chi connectivity index (χ3v) is 0.785. The van der Waals surface area contributed by atoms with Gasteiger partial charge in [0.2, 0.25) is 5.91 Å². The summed E-state index contributed by atoms with van der Waals surface area (Å²) >= 11 is 4.24. The van der Waals surface area contributed by atoms with E-state index in [4.69, 9.17) is 0 Å². The number of nitrogens with zero attached hydrogens (tertiary/aromatic N) is 1. The molecule has 0 saturated carbocycles. The maximum absolute atomic E-state index is 10.3. The molecule has 16 heavy (non-hydrogen) atoms. The molecule has 6 heteroatoms. The predicted molar refractivity (Wildman–Crippen MR) is 86.1 cm³/mol. The van der Waals surface area contributed by atoms with E-state index in [1.54, 1.807) is 0 Å². The van der Waals surface area contributed by atoms with Crippen LogP contribution < -0.4 is 5.32 Å². The summed E-state index contributed by atoms with van der Waals surface area (Å²) in [6.45, 7) is 9.14. The minimum atomic E-state index is 0. The van der Waals surface area contributed by atoms with Gasteiger partial charge >= 0.3 is 0 Å². The van der Waals surface area contributed by atoms with Crippen LogP contribution in [0.4, 0.5) is 0 Å². The largest absolute Gasteiger partial charge is 0.317 e. The Bertz CT molecular complexity index is 145. The summed E-state index contributed by atoms with van der Waals surface area (Å²) in [5.74, 6) is 0.0648. The molecule has 0 atom stereocenters. The van der Waals surface area contributed by atoms with Gasteiger partial charge in [-0.1, -0.05) is 40.5 Å². The van der Waals surface area contributed by atoms with Crippen molar-refractivity contribution in [3.8, 4) is 0 Å². The van der Waals surface area contributed by atoms with Crippen molar-refractivity contribution in [3.63, 3.8) is 0 Å². The monoisotopic (exact) mass is 624 g/mol. The fourth-order valence-electron chi connectivity index (χ4n) is 0.420. The van der Waals surface area contributed by atoms with Gasteiger partial charge in [-0.2, -0.15) is 0 Å². The number of aliphatic imine (C=N–C) groups is 1. The Kier molecular flexibility index (Phi) is 48.5. The van der Waals surface area contributed by atoms with Crippen molar-refractivity contribution in [2.24, 2.45) is 4.99 Å². The van der Waals surface area contributed by atoms with Gasteiger partial charge in [0.15, 0.2) is 0 Å². The average molecular weight is 624 g/mol. The van der Waals surface area contributed by atoms with Crippen LogP contribution in [0.15, 0.2) is 4.99 Å². The number of carbonyl (C=O) groups excluding carboxylic acids is 1. The summed E-state index contributed by atoms with van der Waals surface area (Å²) in [5.41, 5.74) is 0. The second kappa shape index (κ2) is 29.9. The maximum atomic E-state index is 10.3. The smallest absolute Gasteiger partial charge is 0.226 e. The molecule has 1 aliphatic heterocycles. The fraction of sp³-hybridized carbons (Fsp3) is 0.800. The van der Waals surface area contributed by atoms with Gasteiger partial charge in [0.1, 0.15) is 0 Å². The van der Waals surface area contributed by atoms with E-state index in [9.17, 15) is 4.79 Å². The molecule has 3 nitrogen and oxygen atoms in total. The summed E-state index contributed by atoms with van der Waals surface area (Å²) in [6, 6.07) is 0. The Morgan fingerprint density at radius 3 is 1.75 bits per heavy atom. The number of nitrogens with one attached hydrogen (secondary N) is 1. The van der Waals surface area contributed by atoms with Gasteiger partial charge < -0.3 is 5.32 Å². The van der Waals surface area contributed by atoms with E-state index >= 15 is 0 Å². The second-order valence-electron chi connectivity index (χ2n) is 2.77. The number of amides is 1. The number of carbonyl (C=O) groups is 1. The number of halogens is 2. The number of hydrogen-bond donors (Lipinski definition) is 1. The van der Waals surface area contributed by atoms with E-state index in [0.29, 0.717) is 13.0 Å². The number of hydrogen-bond acceptors (Lipinski definition) is 2. The molecule has 0 bridgehead atoms. The molecule has 0 unspecified atom stereocenters. The molecule has 0 radical (unpaired) electrons. The molecule has 1 rings (SSSR count). The minimum absolute atomic E-state index is 0. The zero-order valence-electron chi connectivity index (χ0n) is 10.4. The van der Waals surface area contributed by atoms with Gasteiger partial charge in [0, 0.05) is 71.3 Å². The van der Waals surface area contributed by atoms with Crippen molar-refractivity contribution in [3.05, 3.63) is 0 Å². The number of rotatable bonds is 0. The molecule has 1 N–H and O–H groups in total. The molecular weight excluding hydrogens is 602 g/mol. The predicted octanol–water partition coefficient (Wildman–Crippen LogP) is 4.14. The topological polar surface area (TPSA) is 41.5 Å².